The van der Waals surface area contributed by atoms with Crippen molar-refractivity contribution in [3.63, 3.8) is 0 Å². The van der Waals surface area contributed by atoms with Gasteiger partial charge in [-0.3, -0.25) is 4.79 Å². The fourth-order valence-electron chi connectivity index (χ4n) is 1.88. The van der Waals surface area contributed by atoms with Gasteiger partial charge < -0.3 is 14.6 Å². The molecule has 1 heterocycles. The van der Waals surface area contributed by atoms with E-state index in [9.17, 15) is 9.90 Å². The molecule has 0 atom stereocenters. The van der Waals surface area contributed by atoms with Gasteiger partial charge in [0, 0.05) is 6.07 Å². The number of allylic oxidation sites excluding steroid dienone is 5. The van der Waals surface area contributed by atoms with Crippen LogP contribution in [0.5, 0.6) is 5.75 Å². The number of fused-ring (bicyclic) bond motifs is 1. The lowest BCUT2D eigenvalue weighted by Crippen LogP contribution is -2.07. The second-order valence-electron chi connectivity index (χ2n) is 4.12. The van der Waals surface area contributed by atoms with Crippen molar-refractivity contribution in [2.45, 2.75) is 20.8 Å². The van der Waals surface area contributed by atoms with Gasteiger partial charge in [-0.25, -0.2) is 0 Å². The monoisotopic (exact) mass is 300 g/mol. The molecule has 2 N–H and O–H groups in total. The number of hydrogen-bond donors (Lipinski definition) is 2. The Hall–Kier alpha value is -2.75. The number of aliphatic hydroxyl groups excluding tert-OH is 1. The summed E-state index contributed by atoms with van der Waals surface area (Å²) in [5, 5.41) is 18.5. The number of rotatable bonds is 3. The van der Waals surface area contributed by atoms with Gasteiger partial charge in [-0.1, -0.05) is 32.1 Å². The fourth-order valence-corrected chi connectivity index (χ4v) is 1.88. The maximum absolute atomic E-state index is 12.4. The zero-order chi connectivity index (χ0) is 16.5. The first-order chi connectivity index (χ1) is 10.7. The van der Waals surface area contributed by atoms with E-state index >= 15 is 0 Å². The summed E-state index contributed by atoms with van der Waals surface area (Å²) in [4.78, 5) is 12.4. The first-order valence-electron chi connectivity index (χ1n) is 7.06. The Bertz CT molecular complexity index is 764. The summed E-state index contributed by atoms with van der Waals surface area (Å²) in [5.74, 6) is 0.0424. The van der Waals surface area contributed by atoms with Crippen LogP contribution in [0.2, 0.25) is 0 Å². The van der Waals surface area contributed by atoms with Gasteiger partial charge in [0.25, 0.3) is 0 Å². The van der Waals surface area contributed by atoms with E-state index in [2.05, 4.69) is 0 Å². The lowest BCUT2D eigenvalue weighted by molar-refractivity contribution is 0.473. The van der Waals surface area contributed by atoms with E-state index in [0.29, 0.717) is 22.1 Å². The van der Waals surface area contributed by atoms with Crippen molar-refractivity contribution in [1.29, 1.82) is 0 Å². The quantitative estimate of drug-likeness (QED) is 0.644. The largest absolute Gasteiger partial charge is 0.516 e. The molecule has 2 aromatic rings. The molecule has 1 aromatic carbocycles. The molecule has 1 aromatic heterocycles. The lowest BCUT2D eigenvalue weighted by Gasteiger charge is -2.03. The topological polar surface area (TPSA) is 70.7 Å². The summed E-state index contributed by atoms with van der Waals surface area (Å²) >= 11 is 0. The van der Waals surface area contributed by atoms with E-state index in [1.165, 1.54) is 30.5 Å². The number of aromatic hydroxyl groups is 1. The summed E-state index contributed by atoms with van der Waals surface area (Å²) in [5.41, 5.74) is 1.15. The number of benzene rings is 1. The zero-order valence-corrected chi connectivity index (χ0v) is 12.9. The molecule has 0 bridgehead atoms. The Morgan fingerprint density at radius 1 is 1.27 bits per heavy atom. The van der Waals surface area contributed by atoms with Gasteiger partial charge in [-0.2, -0.15) is 0 Å². The van der Waals surface area contributed by atoms with Crippen LogP contribution in [0.25, 0.3) is 16.5 Å². The number of hydrogen-bond acceptors (Lipinski definition) is 4. The highest BCUT2D eigenvalue weighted by Gasteiger charge is 2.09. The van der Waals surface area contributed by atoms with Gasteiger partial charge in [-0.05, 0) is 30.7 Å². The van der Waals surface area contributed by atoms with E-state index < -0.39 is 0 Å². The Labute approximate surface area is 129 Å². The molecule has 116 valence electrons. The zero-order valence-electron chi connectivity index (χ0n) is 12.9. The van der Waals surface area contributed by atoms with Crippen LogP contribution in [0.15, 0.2) is 64.2 Å². The van der Waals surface area contributed by atoms with Crippen LogP contribution in [0.1, 0.15) is 26.3 Å². The van der Waals surface area contributed by atoms with Gasteiger partial charge >= 0.3 is 0 Å². The second-order valence-corrected chi connectivity index (χ2v) is 4.12. The lowest BCUT2D eigenvalue weighted by atomic mass is 10.0. The van der Waals surface area contributed by atoms with Crippen molar-refractivity contribution in [3.05, 3.63) is 70.8 Å². The van der Waals surface area contributed by atoms with E-state index in [0.717, 1.165) is 6.26 Å². The van der Waals surface area contributed by atoms with Crippen LogP contribution < -0.4 is 5.43 Å². The van der Waals surface area contributed by atoms with Crippen molar-refractivity contribution in [2.75, 3.05) is 0 Å². The summed E-state index contributed by atoms with van der Waals surface area (Å²) < 4.78 is 5.39. The SMILES string of the molecule is CC.C\C=C/C(=C\C=C\O)c1coc2cc(O)ccc2c1=O. The summed E-state index contributed by atoms with van der Waals surface area (Å²) in [6.07, 6.45) is 8.82. The van der Waals surface area contributed by atoms with Gasteiger partial charge in [0.2, 0.25) is 0 Å². The molecule has 22 heavy (non-hydrogen) atoms. The molecule has 4 nitrogen and oxygen atoms in total. The molecule has 0 saturated heterocycles. The van der Waals surface area contributed by atoms with E-state index in [4.69, 9.17) is 9.52 Å². The van der Waals surface area contributed by atoms with Crippen LogP contribution >= 0.6 is 0 Å². The molecule has 0 radical (unpaired) electrons. The van der Waals surface area contributed by atoms with E-state index in [1.54, 1.807) is 18.2 Å². The van der Waals surface area contributed by atoms with Crippen LogP contribution in [0.3, 0.4) is 0 Å². The molecule has 0 fully saturated rings. The van der Waals surface area contributed by atoms with Crippen LogP contribution in [0, 0.1) is 0 Å². The minimum atomic E-state index is -0.193. The predicted molar refractivity (Wildman–Crippen MR) is 90.1 cm³/mol. The molecule has 0 aliphatic carbocycles. The molecule has 0 amide bonds. The highest BCUT2D eigenvalue weighted by molar-refractivity contribution is 5.84. The van der Waals surface area contributed by atoms with Crippen LogP contribution in [-0.2, 0) is 0 Å². The highest BCUT2D eigenvalue weighted by Crippen LogP contribution is 2.21. The van der Waals surface area contributed by atoms with Gasteiger partial charge in [0.15, 0.2) is 5.43 Å². The molecular formula is C18H20O4. The summed E-state index contributed by atoms with van der Waals surface area (Å²) in [6.45, 7) is 5.83. The third-order valence-electron chi connectivity index (χ3n) is 2.78. The average Bonchev–Trinajstić information content (AvgIpc) is 2.54. The summed E-state index contributed by atoms with van der Waals surface area (Å²) in [7, 11) is 0. The molecule has 0 unspecified atom stereocenters. The van der Waals surface area contributed by atoms with E-state index in [-0.39, 0.29) is 11.2 Å². The average molecular weight is 300 g/mol. The van der Waals surface area contributed by atoms with Gasteiger partial charge in [0.05, 0.1) is 17.2 Å². The fraction of sp³-hybridized carbons (Fsp3) is 0.167. The second kappa shape index (κ2) is 8.52. The van der Waals surface area contributed by atoms with Crippen LogP contribution in [0.4, 0.5) is 0 Å². The smallest absolute Gasteiger partial charge is 0.200 e. The van der Waals surface area contributed by atoms with Crippen molar-refractivity contribution in [1.82, 2.24) is 0 Å². The Morgan fingerprint density at radius 3 is 2.64 bits per heavy atom. The standard InChI is InChI=1S/C16H14O4.C2H6/c1-2-4-11(5-3-8-17)14-10-20-15-9-12(18)6-7-13(15)16(14)19;1-2/h2-10,17-18H,1H3;1-2H3/b4-2-,8-3+,11-5+;. The molecule has 0 aliphatic rings. The predicted octanol–water partition coefficient (Wildman–Crippen LogP) is 4.56. The Morgan fingerprint density at radius 2 is 2.00 bits per heavy atom. The van der Waals surface area contributed by atoms with Gasteiger partial charge in [-0.15, -0.1) is 0 Å². The van der Waals surface area contributed by atoms with E-state index in [1.807, 2.05) is 20.8 Å². The summed E-state index contributed by atoms with van der Waals surface area (Å²) in [6, 6.07) is 4.36. The minimum Gasteiger partial charge on any atom is -0.516 e. The third kappa shape index (κ3) is 3.88. The molecule has 0 saturated carbocycles. The minimum absolute atomic E-state index is 0.0424. The normalized spacial score (nSPS) is 11.9. The first kappa shape index (κ1) is 17.3. The third-order valence-corrected chi connectivity index (χ3v) is 2.78. The Kier molecular flexibility index (Phi) is 6.70. The maximum atomic E-state index is 12.4. The molecule has 2 rings (SSSR count). The Balaban J connectivity index is 0.00000116. The van der Waals surface area contributed by atoms with Crippen molar-refractivity contribution in [2.24, 2.45) is 0 Å². The number of phenolic OH excluding ortho intramolecular Hbond substituents is 1. The van der Waals surface area contributed by atoms with Crippen molar-refractivity contribution in [3.8, 4) is 5.75 Å². The molecular weight excluding hydrogens is 280 g/mol. The molecule has 0 aliphatic heterocycles. The maximum Gasteiger partial charge on any atom is 0.200 e. The molecule has 0 spiro atoms. The van der Waals surface area contributed by atoms with Gasteiger partial charge in [0.1, 0.15) is 17.6 Å². The number of aliphatic hydroxyl groups is 1. The van der Waals surface area contributed by atoms with Crippen molar-refractivity contribution < 1.29 is 14.6 Å². The highest BCUT2D eigenvalue weighted by atomic mass is 16.3. The first-order valence-corrected chi connectivity index (χ1v) is 7.06. The van der Waals surface area contributed by atoms with Crippen LogP contribution in [-0.4, -0.2) is 10.2 Å². The van der Waals surface area contributed by atoms with Crippen molar-refractivity contribution >= 4 is 16.5 Å². The number of phenols is 1. The molecule has 4 heteroatoms.